The summed E-state index contributed by atoms with van der Waals surface area (Å²) in [6, 6.07) is 7.63. The number of fused-ring (bicyclic) bond motifs is 1. The molecule has 0 aliphatic rings. The molecule has 0 bridgehead atoms. The van der Waals surface area contributed by atoms with E-state index in [1.165, 1.54) is 23.5 Å². The standard InChI is InChI=1S/C13H11FN2OS/c1-2-10(7-15)16-13(17)12-5-8-3-4-9(14)6-11(8)18-12/h3-6,10H,2H2,1H3,(H,16,17). The van der Waals surface area contributed by atoms with Crippen LogP contribution >= 0.6 is 11.3 Å². The highest BCUT2D eigenvalue weighted by atomic mass is 32.1. The molecule has 0 aliphatic carbocycles. The molecule has 92 valence electrons. The van der Waals surface area contributed by atoms with Gasteiger partial charge in [0, 0.05) is 4.70 Å². The molecule has 0 radical (unpaired) electrons. The number of carbonyl (C=O) groups is 1. The number of thiophene rings is 1. The Labute approximate surface area is 108 Å². The minimum absolute atomic E-state index is 0.287. The van der Waals surface area contributed by atoms with Crippen molar-refractivity contribution in [3.8, 4) is 6.07 Å². The summed E-state index contributed by atoms with van der Waals surface area (Å²) in [6.07, 6.45) is 0.557. The molecule has 3 nitrogen and oxygen atoms in total. The molecule has 1 aromatic heterocycles. The lowest BCUT2D eigenvalue weighted by atomic mass is 10.2. The number of hydrogen-bond donors (Lipinski definition) is 1. The van der Waals surface area contributed by atoms with Crippen molar-refractivity contribution in [3.63, 3.8) is 0 Å². The minimum Gasteiger partial charge on any atom is -0.336 e. The van der Waals surface area contributed by atoms with Crippen LogP contribution in [0.4, 0.5) is 4.39 Å². The van der Waals surface area contributed by atoms with Crippen LogP contribution in [0.25, 0.3) is 10.1 Å². The zero-order valence-electron chi connectivity index (χ0n) is 9.74. The van der Waals surface area contributed by atoms with Crippen molar-refractivity contribution in [1.82, 2.24) is 5.32 Å². The van der Waals surface area contributed by atoms with E-state index in [0.717, 1.165) is 10.1 Å². The second kappa shape index (κ2) is 5.15. The summed E-state index contributed by atoms with van der Waals surface area (Å²) in [5.74, 6) is -0.607. The average Bonchev–Trinajstić information content (AvgIpc) is 2.78. The van der Waals surface area contributed by atoms with Crippen LogP contribution in [-0.4, -0.2) is 11.9 Å². The van der Waals surface area contributed by atoms with Gasteiger partial charge < -0.3 is 5.32 Å². The number of hydrogen-bond acceptors (Lipinski definition) is 3. The number of carbonyl (C=O) groups excluding carboxylic acids is 1. The van der Waals surface area contributed by atoms with Gasteiger partial charge in [-0.15, -0.1) is 11.3 Å². The molecule has 1 aromatic carbocycles. The van der Waals surface area contributed by atoms with Crippen LogP contribution in [0.2, 0.25) is 0 Å². The molecule has 1 heterocycles. The number of benzene rings is 1. The van der Waals surface area contributed by atoms with Crippen LogP contribution < -0.4 is 5.32 Å². The fourth-order valence-corrected chi connectivity index (χ4v) is 2.56. The Morgan fingerprint density at radius 3 is 3.00 bits per heavy atom. The molecule has 2 rings (SSSR count). The highest BCUT2D eigenvalue weighted by Gasteiger charge is 2.14. The molecule has 5 heteroatoms. The molecule has 1 unspecified atom stereocenters. The van der Waals surface area contributed by atoms with Crippen molar-refractivity contribution in [1.29, 1.82) is 5.26 Å². The van der Waals surface area contributed by atoms with E-state index in [2.05, 4.69) is 5.32 Å². The average molecular weight is 262 g/mol. The van der Waals surface area contributed by atoms with Gasteiger partial charge in [0.25, 0.3) is 5.91 Å². The summed E-state index contributed by atoms with van der Waals surface area (Å²) in [6.45, 7) is 1.83. The molecule has 1 N–H and O–H groups in total. The van der Waals surface area contributed by atoms with Crippen LogP contribution in [-0.2, 0) is 0 Å². The first-order valence-corrected chi connectivity index (χ1v) is 6.35. The maximum absolute atomic E-state index is 13.0. The summed E-state index contributed by atoms with van der Waals surface area (Å²) >= 11 is 1.22. The third-order valence-electron chi connectivity index (χ3n) is 2.58. The Balaban J connectivity index is 2.26. The number of nitriles is 1. The Hall–Kier alpha value is -1.93. The third kappa shape index (κ3) is 2.49. The largest absolute Gasteiger partial charge is 0.336 e. The summed E-state index contributed by atoms with van der Waals surface area (Å²) in [4.78, 5) is 12.4. The zero-order valence-corrected chi connectivity index (χ0v) is 10.6. The first kappa shape index (κ1) is 12.5. The quantitative estimate of drug-likeness (QED) is 0.924. The van der Waals surface area contributed by atoms with Crippen molar-refractivity contribution in [2.75, 3.05) is 0 Å². The maximum Gasteiger partial charge on any atom is 0.262 e. The van der Waals surface area contributed by atoms with Crippen LogP contribution in [0.15, 0.2) is 24.3 Å². The maximum atomic E-state index is 13.0. The van der Waals surface area contributed by atoms with Gasteiger partial charge in [-0.25, -0.2) is 4.39 Å². The first-order chi connectivity index (χ1) is 8.63. The molecule has 0 spiro atoms. The monoisotopic (exact) mass is 262 g/mol. The van der Waals surface area contributed by atoms with Crippen molar-refractivity contribution < 1.29 is 9.18 Å². The topological polar surface area (TPSA) is 52.9 Å². The zero-order chi connectivity index (χ0) is 13.1. The highest BCUT2D eigenvalue weighted by Crippen LogP contribution is 2.26. The molecule has 1 amide bonds. The first-order valence-electron chi connectivity index (χ1n) is 5.53. The van der Waals surface area contributed by atoms with E-state index < -0.39 is 6.04 Å². The molecule has 0 saturated heterocycles. The van der Waals surface area contributed by atoms with Gasteiger partial charge in [0.1, 0.15) is 11.9 Å². The smallest absolute Gasteiger partial charge is 0.262 e. The van der Waals surface area contributed by atoms with E-state index >= 15 is 0 Å². The van der Waals surface area contributed by atoms with Crippen LogP contribution in [0, 0.1) is 17.1 Å². The van der Waals surface area contributed by atoms with Gasteiger partial charge in [0.15, 0.2) is 0 Å². The SMILES string of the molecule is CCC(C#N)NC(=O)c1cc2ccc(F)cc2s1. The van der Waals surface area contributed by atoms with Gasteiger partial charge in [0.2, 0.25) is 0 Å². The molecular formula is C13H11FN2OS. The van der Waals surface area contributed by atoms with Gasteiger partial charge in [-0.1, -0.05) is 13.0 Å². The van der Waals surface area contributed by atoms with Gasteiger partial charge >= 0.3 is 0 Å². The second-order valence-corrected chi connectivity index (χ2v) is 4.94. The van der Waals surface area contributed by atoms with Crippen molar-refractivity contribution in [3.05, 3.63) is 35.0 Å². The van der Waals surface area contributed by atoms with Crippen LogP contribution in [0.3, 0.4) is 0 Å². The number of amides is 1. The number of halogens is 1. The van der Waals surface area contributed by atoms with E-state index in [9.17, 15) is 9.18 Å². The molecule has 2 aromatic rings. The predicted molar refractivity (Wildman–Crippen MR) is 68.9 cm³/mol. The van der Waals surface area contributed by atoms with Crippen molar-refractivity contribution in [2.24, 2.45) is 0 Å². The van der Waals surface area contributed by atoms with E-state index in [1.807, 2.05) is 13.0 Å². The number of nitrogens with one attached hydrogen (secondary N) is 1. The van der Waals surface area contributed by atoms with E-state index in [4.69, 9.17) is 5.26 Å². The summed E-state index contributed by atoms with van der Waals surface area (Å²) in [5, 5.41) is 12.2. The van der Waals surface area contributed by atoms with Gasteiger partial charge in [-0.05, 0) is 30.0 Å². The second-order valence-electron chi connectivity index (χ2n) is 3.86. The molecular weight excluding hydrogens is 251 g/mol. The summed E-state index contributed by atoms with van der Waals surface area (Å²) in [7, 11) is 0. The number of rotatable bonds is 3. The van der Waals surface area contributed by atoms with Crippen molar-refractivity contribution >= 4 is 27.3 Å². The number of nitrogens with zero attached hydrogens (tertiary/aromatic N) is 1. The van der Waals surface area contributed by atoms with E-state index in [1.54, 1.807) is 12.1 Å². The normalized spacial score (nSPS) is 12.1. The van der Waals surface area contributed by atoms with E-state index in [-0.39, 0.29) is 11.7 Å². The minimum atomic E-state index is -0.487. The Morgan fingerprint density at radius 2 is 2.33 bits per heavy atom. The van der Waals surface area contributed by atoms with Crippen molar-refractivity contribution in [2.45, 2.75) is 19.4 Å². The molecule has 1 atom stereocenters. The summed E-state index contributed by atoms with van der Waals surface area (Å²) in [5.41, 5.74) is 0. The Kier molecular flexibility index (Phi) is 3.58. The van der Waals surface area contributed by atoms with Gasteiger partial charge in [0.05, 0.1) is 10.9 Å². The van der Waals surface area contributed by atoms with E-state index in [0.29, 0.717) is 11.3 Å². The lowest BCUT2D eigenvalue weighted by molar-refractivity contribution is 0.0949. The summed E-state index contributed by atoms with van der Waals surface area (Å²) < 4.78 is 13.8. The predicted octanol–water partition coefficient (Wildman–Crippen LogP) is 3.07. The lowest BCUT2D eigenvalue weighted by Gasteiger charge is -2.06. The van der Waals surface area contributed by atoms with Crippen LogP contribution in [0.1, 0.15) is 23.0 Å². The third-order valence-corrected chi connectivity index (χ3v) is 3.67. The van der Waals surface area contributed by atoms with Gasteiger partial charge in [-0.2, -0.15) is 5.26 Å². The molecule has 0 saturated carbocycles. The van der Waals surface area contributed by atoms with Gasteiger partial charge in [-0.3, -0.25) is 4.79 Å². The molecule has 0 aliphatic heterocycles. The Morgan fingerprint density at radius 1 is 1.56 bits per heavy atom. The fraction of sp³-hybridized carbons (Fsp3) is 0.231. The van der Waals surface area contributed by atoms with Crippen LogP contribution in [0.5, 0.6) is 0 Å². The lowest BCUT2D eigenvalue weighted by Crippen LogP contribution is -2.32. The highest BCUT2D eigenvalue weighted by molar-refractivity contribution is 7.20. The molecule has 0 fully saturated rings. The fourth-order valence-electron chi connectivity index (χ4n) is 1.57. The molecule has 18 heavy (non-hydrogen) atoms. The Bertz CT molecular complexity index is 629.